The average molecular weight is 363 g/mol. The van der Waals surface area contributed by atoms with E-state index in [4.69, 9.17) is 4.74 Å². The minimum absolute atomic E-state index is 0.0476. The fraction of sp³-hybridized carbons (Fsp3) is 0.368. The van der Waals surface area contributed by atoms with Gasteiger partial charge in [-0.25, -0.2) is 8.78 Å². The van der Waals surface area contributed by atoms with Crippen molar-refractivity contribution in [3.63, 3.8) is 0 Å². The molecule has 26 heavy (non-hydrogen) atoms. The molecule has 1 amide bonds. The number of aryl methyl sites for hydroxylation is 1. The largest absolute Gasteiger partial charge is 0.491 e. The standard InChI is InChI=1S/C19H23F2N3O2/c1-11(2)9-13-15(7-6-8-16(13)26-12(3)4)22-19(25)14-10-24(5)23-17(14)18(20)21/h6-8,10,12,18H,1,9H2,2-5H3,(H,22,25). The second-order valence-electron chi connectivity index (χ2n) is 6.44. The number of hydrogen-bond donors (Lipinski definition) is 1. The highest BCUT2D eigenvalue weighted by Gasteiger charge is 2.23. The number of rotatable bonds is 7. The zero-order chi connectivity index (χ0) is 19.4. The molecule has 0 unspecified atom stereocenters. The predicted molar refractivity (Wildman–Crippen MR) is 96.8 cm³/mol. The number of carbonyl (C=O) groups is 1. The molecule has 0 fully saturated rings. The molecule has 2 rings (SSSR count). The number of halogens is 2. The SMILES string of the molecule is C=C(C)Cc1c(NC(=O)c2cn(C)nc2C(F)F)cccc1OC(C)C. The van der Waals surface area contributed by atoms with E-state index < -0.39 is 18.0 Å². The van der Waals surface area contributed by atoms with Crippen molar-refractivity contribution in [2.75, 3.05) is 5.32 Å². The van der Waals surface area contributed by atoms with Crippen molar-refractivity contribution >= 4 is 11.6 Å². The third kappa shape index (κ3) is 4.68. The normalized spacial score (nSPS) is 11.1. The smallest absolute Gasteiger partial charge is 0.282 e. The predicted octanol–water partition coefficient (Wildman–Crippen LogP) is 4.52. The van der Waals surface area contributed by atoms with E-state index >= 15 is 0 Å². The van der Waals surface area contributed by atoms with E-state index in [-0.39, 0.29) is 11.7 Å². The Labute approximate surface area is 151 Å². The minimum atomic E-state index is -2.83. The Balaban J connectivity index is 2.39. The summed E-state index contributed by atoms with van der Waals surface area (Å²) in [5.74, 6) is -0.0147. The summed E-state index contributed by atoms with van der Waals surface area (Å²) in [4.78, 5) is 12.6. The number of carbonyl (C=O) groups excluding carboxylic acids is 1. The van der Waals surface area contributed by atoms with E-state index in [1.807, 2.05) is 26.8 Å². The maximum Gasteiger partial charge on any atom is 0.282 e. The molecule has 0 atom stereocenters. The highest BCUT2D eigenvalue weighted by atomic mass is 19.3. The van der Waals surface area contributed by atoms with E-state index in [2.05, 4.69) is 17.0 Å². The molecule has 1 N–H and O–H groups in total. The molecule has 7 heteroatoms. The molecular formula is C19H23F2N3O2. The number of alkyl halides is 2. The van der Waals surface area contributed by atoms with Crippen molar-refractivity contribution in [2.24, 2.45) is 7.05 Å². The summed E-state index contributed by atoms with van der Waals surface area (Å²) in [5, 5.41) is 6.38. The second-order valence-corrected chi connectivity index (χ2v) is 6.44. The van der Waals surface area contributed by atoms with Gasteiger partial charge in [-0.05, 0) is 39.3 Å². The van der Waals surface area contributed by atoms with Gasteiger partial charge in [0.15, 0.2) is 0 Å². The molecule has 2 aromatic rings. The Hall–Kier alpha value is -2.70. The third-order valence-corrected chi connectivity index (χ3v) is 3.53. The van der Waals surface area contributed by atoms with Crippen LogP contribution < -0.4 is 10.1 Å². The molecular weight excluding hydrogens is 340 g/mol. The Bertz CT molecular complexity index is 813. The number of benzene rings is 1. The summed E-state index contributed by atoms with van der Waals surface area (Å²) in [6, 6.07) is 5.26. The van der Waals surface area contributed by atoms with E-state index in [9.17, 15) is 13.6 Å². The molecule has 0 saturated heterocycles. The van der Waals surface area contributed by atoms with E-state index in [0.29, 0.717) is 17.9 Å². The van der Waals surface area contributed by atoms with E-state index in [0.717, 1.165) is 11.1 Å². The van der Waals surface area contributed by atoms with Gasteiger partial charge in [0.05, 0.1) is 11.7 Å². The zero-order valence-electron chi connectivity index (χ0n) is 15.3. The van der Waals surface area contributed by atoms with Gasteiger partial charge in [-0.15, -0.1) is 0 Å². The highest BCUT2D eigenvalue weighted by Crippen LogP contribution is 2.31. The van der Waals surface area contributed by atoms with Gasteiger partial charge in [0, 0.05) is 24.5 Å². The van der Waals surface area contributed by atoms with Crippen LogP contribution in [0.1, 0.15) is 48.8 Å². The van der Waals surface area contributed by atoms with Crippen molar-refractivity contribution in [2.45, 2.75) is 39.7 Å². The van der Waals surface area contributed by atoms with Gasteiger partial charge in [-0.3, -0.25) is 9.48 Å². The Morgan fingerprint density at radius 2 is 2.08 bits per heavy atom. The minimum Gasteiger partial charge on any atom is -0.491 e. The van der Waals surface area contributed by atoms with Gasteiger partial charge in [0.1, 0.15) is 11.4 Å². The van der Waals surface area contributed by atoms with Crippen LogP contribution in [0.2, 0.25) is 0 Å². The Morgan fingerprint density at radius 1 is 1.38 bits per heavy atom. The molecule has 1 aromatic heterocycles. The Morgan fingerprint density at radius 3 is 2.65 bits per heavy atom. The highest BCUT2D eigenvalue weighted by molar-refractivity contribution is 6.05. The van der Waals surface area contributed by atoms with Crippen LogP contribution in [0.5, 0.6) is 5.75 Å². The van der Waals surface area contributed by atoms with Crippen LogP contribution in [0.4, 0.5) is 14.5 Å². The van der Waals surface area contributed by atoms with E-state index in [1.165, 1.54) is 17.9 Å². The first-order chi connectivity index (χ1) is 12.2. The fourth-order valence-electron chi connectivity index (χ4n) is 2.56. The van der Waals surface area contributed by atoms with Crippen LogP contribution in [0.25, 0.3) is 0 Å². The number of nitrogens with one attached hydrogen (secondary N) is 1. The van der Waals surface area contributed by atoms with Gasteiger partial charge < -0.3 is 10.1 Å². The fourth-order valence-corrected chi connectivity index (χ4v) is 2.56. The molecule has 0 aliphatic rings. The average Bonchev–Trinajstić information content (AvgIpc) is 2.92. The van der Waals surface area contributed by atoms with Gasteiger partial charge in [-0.1, -0.05) is 18.2 Å². The molecule has 0 aliphatic heterocycles. The zero-order valence-corrected chi connectivity index (χ0v) is 15.3. The third-order valence-electron chi connectivity index (χ3n) is 3.53. The lowest BCUT2D eigenvalue weighted by Crippen LogP contribution is -2.16. The van der Waals surface area contributed by atoms with Gasteiger partial charge in [-0.2, -0.15) is 5.10 Å². The van der Waals surface area contributed by atoms with Crippen LogP contribution in [0.3, 0.4) is 0 Å². The molecule has 140 valence electrons. The van der Waals surface area contributed by atoms with Gasteiger partial charge in [0.2, 0.25) is 0 Å². The van der Waals surface area contributed by atoms with Crippen LogP contribution in [-0.4, -0.2) is 21.8 Å². The van der Waals surface area contributed by atoms with Crippen molar-refractivity contribution in [3.05, 3.63) is 53.4 Å². The first-order valence-corrected chi connectivity index (χ1v) is 8.25. The van der Waals surface area contributed by atoms with Crippen molar-refractivity contribution in [1.82, 2.24) is 9.78 Å². The molecule has 1 heterocycles. The molecule has 0 spiro atoms. The van der Waals surface area contributed by atoms with E-state index in [1.54, 1.807) is 12.1 Å². The topological polar surface area (TPSA) is 56.2 Å². The monoisotopic (exact) mass is 363 g/mol. The summed E-state index contributed by atoms with van der Waals surface area (Å²) in [5.41, 5.74) is 1.44. The summed E-state index contributed by atoms with van der Waals surface area (Å²) in [7, 11) is 1.49. The van der Waals surface area contributed by atoms with Crippen LogP contribution in [0.15, 0.2) is 36.5 Å². The van der Waals surface area contributed by atoms with Gasteiger partial charge in [0.25, 0.3) is 12.3 Å². The number of hydrogen-bond acceptors (Lipinski definition) is 3. The van der Waals surface area contributed by atoms with Crippen molar-refractivity contribution < 1.29 is 18.3 Å². The summed E-state index contributed by atoms with van der Waals surface area (Å²) < 4.78 is 33.2. The van der Waals surface area contributed by atoms with Crippen LogP contribution in [0, 0.1) is 0 Å². The first kappa shape index (κ1) is 19.6. The van der Waals surface area contributed by atoms with Crippen LogP contribution >= 0.6 is 0 Å². The summed E-state index contributed by atoms with van der Waals surface area (Å²) in [6.07, 6.45) is -1.10. The number of allylic oxidation sites excluding steroid dienone is 1. The summed E-state index contributed by atoms with van der Waals surface area (Å²) >= 11 is 0. The molecule has 1 aromatic carbocycles. The maximum atomic E-state index is 13.1. The molecule has 0 aliphatic carbocycles. The lowest BCUT2D eigenvalue weighted by atomic mass is 10.0. The van der Waals surface area contributed by atoms with Crippen LogP contribution in [-0.2, 0) is 13.5 Å². The lowest BCUT2D eigenvalue weighted by molar-refractivity contribution is 0.101. The quantitative estimate of drug-likeness (QED) is 0.736. The second kappa shape index (κ2) is 8.12. The maximum absolute atomic E-state index is 13.1. The van der Waals surface area contributed by atoms with Crippen molar-refractivity contribution in [1.29, 1.82) is 0 Å². The number of anilines is 1. The lowest BCUT2D eigenvalue weighted by Gasteiger charge is -2.18. The number of amides is 1. The number of nitrogens with zero attached hydrogens (tertiary/aromatic N) is 2. The molecule has 0 radical (unpaired) electrons. The van der Waals surface area contributed by atoms with Crippen molar-refractivity contribution in [3.8, 4) is 5.75 Å². The van der Waals surface area contributed by atoms with Gasteiger partial charge >= 0.3 is 0 Å². The number of aromatic nitrogens is 2. The number of ether oxygens (including phenoxy) is 1. The molecule has 5 nitrogen and oxygen atoms in total. The molecule has 0 bridgehead atoms. The molecule has 0 saturated carbocycles. The Kier molecular flexibility index (Phi) is 6.13. The first-order valence-electron chi connectivity index (χ1n) is 8.25. The summed E-state index contributed by atoms with van der Waals surface area (Å²) in [6.45, 7) is 9.58.